The molecule has 1 N–H and O–H groups in total. The van der Waals surface area contributed by atoms with Crippen LogP contribution in [-0.2, 0) is 10.9 Å². The molecule has 3 heterocycles. The van der Waals surface area contributed by atoms with Crippen molar-refractivity contribution in [3.63, 3.8) is 0 Å². The van der Waals surface area contributed by atoms with Crippen LogP contribution in [0.4, 0.5) is 19.0 Å². The number of fused-ring (bicyclic) bond motifs is 1. The number of nitrogens with one attached hydrogen (secondary N) is 1. The zero-order chi connectivity index (χ0) is 23.9. The summed E-state index contributed by atoms with van der Waals surface area (Å²) < 4.78 is 47.4. The molecule has 0 amide bonds. The quantitative estimate of drug-likeness (QED) is 0.635. The number of likely N-dealkylation sites (tertiary alicyclic amines) is 1. The first kappa shape index (κ1) is 23.5. The van der Waals surface area contributed by atoms with Crippen molar-refractivity contribution >= 4 is 5.82 Å². The summed E-state index contributed by atoms with van der Waals surface area (Å²) >= 11 is 0. The summed E-state index contributed by atoms with van der Waals surface area (Å²) in [6.07, 6.45) is -0.473. The highest BCUT2D eigenvalue weighted by atomic mass is 19.4. The fraction of sp³-hybridized carbons (Fsp3) is 0.615. The predicted molar refractivity (Wildman–Crippen MR) is 126 cm³/mol. The molecular formula is C26H33F3N4O. The molecule has 5 rings (SSSR count). The molecule has 8 heteroatoms. The van der Waals surface area contributed by atoms with Gasteiger partial charge in [0.25, 0.3) is 0 Å². The molecular weight excluding hydrogens is 441 g/mol. The van der Waals surface area contributed by atoms with Crippen molar-refractivity contribution in [1.29, 1.82) is 0 Å². The highest BCUT2D eigenvalue weighted by Gasteiger charge is 2.43. The fourth-order valence-electron chi connectivity index (χ4n) is 6.01. The van der Waals surface area contributed by atoms with Gasteiger partial charge in [-0.25, -0.2) is 0 Å². The lowest BCUT2D eigenvalue weighted by Crippen LogP contribution is -2.32. The molecule has 5 nitrogen and oxygen atoms in total. The number of nitrogens with zero attached hydrogens (tertiary/aromatic N) is 3. The minimum atomic E-state index is -4.50. The number of anilines is 1. The van der Waals surface area contributed by atoms with E-state index in [2.05, 4.69) is 20.4 Å². The average molecular weight is 475 g/mol. The molecule has 3 fully saturated rings. The van der Waals surface area contributed by atoms with Crippen molar-refractivity contribution in [2.45, 2.75) is 51.7 Å². The van der Waals surface area contributed by atoms with Gasteiger partial charge in [-0.3, -0.25) is 0 Å². The first-order valence-corrected chi connectivity index (χ1v) is 12.4. The molecule has 184 valence electrons. The number of halogens is 3. The summed E-state index contributed by atoms with van der Waals surface area (Å²) in [6.45, 7) is 8.73. The lowest BCUT2D eigenvalue weighted by atomic mass is 10.00. The molecule has 2 aliphatic heterocycles. The van der Waals surface area contributed by atoms with Gasteiger partial charge in [-0.1, -0.05) is 17.7 Å². The zero-order valence-electron chi connectivity index (χ0n) is 19.9. The molecule has 0 radical (unpaired) electrons. The lowest BCUT2D eigenvalue weighted by molar-refractivity contribution is -0.137. The second-order valence-corrected chi connectivity index (χ2v) is 10.4. The minimum absolute atomic E-state index is 0.00202. The third-order valence-electron chi connectivity index (χ3n) is 7.79. The van der Waals surface area contributed by atoms with Gasteiger partial charge < -0.3 is 15.0 Å². The van der Waals surface area contributed by atoms with Crippen LogP contribution in [0.15, 0.2) is 24.3 Å². The van der Waals surface area contributed by atoms with Gasteiger partial charge in [-0.2, -0.15) is 13.2 Å². The monoisotopic (exact) mass is 474 g/mol. The average Bonchev–Trinajstić information content (AvgIpc) is 3.33. The van der Waals surface area contributed by atoms with Crippen LogP contribution in [0.25, 0.3) is 11.3 Å². The minimum Gasteiger partial charge on any atom is -0.381 e. The van der Waals surface area contributed by atoms with Crippen LogP contribution in [0, 0.1) is 31.6 Å². The molecule has 2 atom stereocenters. The molecule has 2 unspecified atom stereocenters. The molecule has 1 aromatic heterocycles. The van der Waals surface area contributed by atoms with Gasteiger partial charge in [0.15, 0.2) is 5.82 Å². The SMILES string of the molecule is Cc1ccc(C)c(-c2cc(C(F)(F)F)c(NC3CC4CN(CC5CCOCC5)CC4C3)nn2)c1. The normalized spacial score (nSPS) is 26.1. The van der Waals surface area contributed by atoms with Gasteiger partial charge in [-0.05, 0) is 75.0 Å². The number of aromatic nitrogens is 2. The Labute approximate surface area is 199 Å². The van der Waals surface area contributed by atoms with E-state index in [1.165, 1.54) is 0 Å². The van der Waals surface area contributed by atoms with Crippen LogP contribution in [0.1, 0.15) is 42.4 Å². The molecule has 2 saturated heterocycles. The van der Waals surface area contributed by atoms with Crippen molar-refractivity contribution in [2.75, 3.05) is 38.2 Å². The molecule has 2 aromatic rings. The summed E-state index contributed by atoms with van der Waals surface area (Å²) in [7, 11) is 0. The van der Waals surface area contributed by atoms with E-state index in [4.69, 9.17) is 4.74 Å². The number of hydrogen-bond donors (Lipinski definition) is 1. The van der Waals surface area contributed by atoms with E-state index in [0.717, 1.165) is 75.7 Å². The number of rotatable bonds is 5. The summed E-state index contributed by atoms with van der Waals surface area (Å²) in [5, 5.41) is 11.3. The van der Waals surface area contributed by atoms with Crippen molar-refractivity contribution in [3.05, 3.63) is 41.0 Å². The van der Waals surface area contributed by atoms with Crippen LogP contribution < -0.4 is 5.32 Å². The number of ether oxygens (including phenoxy) is 1. The van der Waals surface area contributed by atoms with E-state index in [1.807, 2.05) is 32.0 Å². The fourth-order valence-corrected chi connectivity index (χ4v) is 6.01. The number of benzene rings is 1. The Bertz CT molecular complexity index is 1010. The predicted octanol–water partition coefficient (Wildman–Crippen LogP) is 5.33. The maximum atomic E-state index is 14.0. The van der Waals surface area contributed by atoms with Crippen LogP contribution in [0.2, 0.25) is 0 Å². The Morgan fingerprint density at radius 2 is 1.74 bits per heavy atom. The van der Waals surface area contributed by atoms with E-state index in [9.17, 15) is 13.2 Å². The number of hydrogen-bond acceptors (Lipinski definition) is 5. The Morgan fingerprint density at radius 1 is 1.03 bits per heavy atom. The van der Waals surface area contributed by atoms with Crippen molar-refractivity contribution < 1.29 is 17.9 Å². The van der Waals surface area contributed by atoms with Crippen LogP contribution in [-0.4, -0.2) is 54.0 Å². The van der Waals surface area contributed by atoms with E-state index in [0.29, 0.717) is 23.3 Å². The Kier molecular flexibility index (Phi) is 6.55. The van der Waals surface area contributed by atoms with E-state index in [-0.39, 0.29) is 17.6 Å². The number of alkyl halides is 3. The standard InChI is InChI=1S/C26H33F3N4O/c1-16-3-4-17(2)22(9-16)24-12-23(26(27,28)29)25(32-31-24)30-21-10-19-14-33(15-20(19)11-21)13-18-5-7-34-8-6-18/h3-4,9,12,18-21H,5-8,10-11,13-15H2,1-2H3,(H,30,32). The Balaban J connectivity index is 1.26. The summed E-state index contributed by atoms with van der Waals surface area (Å²) in [6, 6.07) is 6.84. The first-order chi connectivity index (χ1) is 16.3. The van der Waals surface area contributed by atoms with Gasteiger partial charge >= 0.3 is 6.18 Å². The summed E-state index contributed by atoms with van der Waals surface area (Å²) in [4.78, 5) is 2.56. The molecule has 34 heavy (non-hydrogen) atoms. The van der Waals surface area contributed by atoms with E-state index < -0.39 is 11.7 Å². The Morgan fingerprint density at radius 3 is 2.41 bits per heavy atom. The zero-order valence-corrected chi connectivity index (χ0v) is 19.9. The van der Waals surface area contributed by atoms with E-state index in [1.54, 1.807) is 0 Å². The van der Waals surface area contributed by atoms with Gasteiger partial charge in [0, 0.05) is 44.5 Å². The van der Waals surface area contributed by atoms with E-state index >= 15 is 0 Å². The smallest absolute Gasteiger partial charge is 0.381 e. The van der Waals surface area contributed by atoms with Gasteiger partial charge in [0.05, 0.1) is 5.69 Å². The third kappa shape index (κ3) is 5.08. The summed E-state index contributed by atoms with van der Waals surface area (Å²) in [5.41, 5.74) is 2.05. The summed E-state index contributed by atoms with van der Waals surface area (Å²) in [5.74, 6) is 1.63. The maximum Gasteiger partial charge on any atom is 0.420 e. The van der Waals surface area contributed by atoms with Crippen molar-refractivity contribution in [2.24, 2.45) is 17.8 Å². The molecule has 0 bridgehead atoms. The molecule has 3 aliphatic rings. The third-order valence-corrected chi connectivity index (χ3v) is 7.79. The van der Waals surface area contributed by atoms with Gasteiger partial charge in [0.1, 0.15) is 5.56 Å². The van der Waals surface area contributed by atoms with Crippen molar-refractivity contribution in [1.82, 2.24) is 15.1 Å². The first-order valence-electron chi connectivity index (χ1n) is 12.4. The van der Waals surface area contributed by atoms with Gasteiger partial charge in [-0.15, -0.1) is 10.2 Å². The van der Waals surface area contributed by atoms with Crippen LogP contribution in [0.5, 0.6) is 0 Å². The van der Waals surface area contributed by atoms with Gasteiger partial charge in [0.2, 0.25) is 0 Å². The number of aryl methyl sites for hydroxylation is 2. The molecule has 0 spiro atoms. The second-order valence-electron chi connectivity index (χ2n) is 10.4. The molecule has 1 aliphatic carbocycles. The molecule has 1 saturated carbocycles. The van der Waals surface area contributed by atoms with Crippen molar-refractivity contribution in [3.8, 4) is 11.3 Å². The maximum absolute atomic E-state index is 14.0. The highest BCUT2D eigenvalue weighted by molar-refractivity contribution is 5.66. The highest BCUT2D eigenvalue weighted by Crippen LogP contribution is 2.42. The second kappa shape index (κ2) is 9.46. The topological polar surface area (TPSA) is 50.3 Å². The largest absolute Gasteiger partial charge is 0.420 e. The van der Waals surface area contributed by atoms with Crippen LogP contribution in [0.3, 0.4) is 0 Å². The van der Waals surface area contributed by atoms with Crippen LogP contribution >= 0.6 is 0 Å². The Hall–Kier alpha value is -2.19. The molecule has 1 aromatic carbocycles. The lowest BCUT2D eigenvalue weighted by Gasteiger charge is -2.28.